The minimum Gasteiger partial charge on any atom is -0.465 e. The lowest BCUT2D eigenvalue weighted by atomic mass is 9.81. The van der Waals surface area contributed by atoms with Crippen LogP contribution in [0.1, 0.15) is 70.9 Å². The summed E-state index contributed by atoms with van der Waals surface area (Å²) >= 11 is 0. The number of rotatable bonds is 16. The third-order valence-electron chi connectivity index (χ3n) is 7.41. The van der Waals surface area contributed by atoms with Crippen LogP contribution in [-0.2, 0) is 20.8 Å². The van der Waals surface area contributed by atoms with Gasteiger partial charge in [-0.15, -0.1) is 6.58 Å². The zero-order chi connectivity index (χ0) is 28.9. The van der Waals surface area contributed by atoms with Crippen molar-refractivity contribution in [2.75, 3.05) is 0 Å². The van der Waals surface area contributed by atoms with E-state index in [1.54, 1.807) is 0 Å². The van der Waals surface area contributed by atoms with Crippen molar-refractivity contribution in [1.29, 1.82) is 0 Å². The summed E-state index contributed by atoms with van der Waals surface area (Å²) in [5.41, 5.74) is 5.75. The number of allylic oxidation sites excluding steroid dienone is 1. The van der Waals surface area contributed by atoms with Crippen LogP contribution in [0.25, 0.3) is 0 Å². The Hall–Kier alpha value is -3.41. The maximum absolute atomic E-state index is 13.6. The Morgan fingerprint density at radius 3 is 2.33 bits per heavy atom. The van der Waals surface area contributed by atoms with Crippen LogP contribution in [0.3, 0.4) is 0 Å². The number of carboxylic acid groups (broad SMARTS) is 1. The zero-order valence-corrected chi connectivity index (χ0v) is 22.9. The molecule has 0 aliphatic heterocycles. The quantitative estimate of drug-likeness (QED) is 0.152. The molecule has 1 aliphatic carbocycles. The Morgan fingerprint density at radius 2 is 1.79 bits per heavy atom. The molecular formula is C27H44N6O6. The third kappa shape index (κ3) is 11.1. The van der Waals surface area contributed by atoms with Crippen LogP contribution < -0.4 is 21.7 Å². The fourth-order valence-corrected chi connectivity index (χ4v) is 5.12. The van der Waals surface area contributed by atoms with E-state index in [0.717, 1.165) is 25.7 Å². The molecule has 1 saturated carbocycles. The minimum atomic E-state index is -1.51. The molecule has 4 amide bonds. The number of aromatic amines is 1. The van der Waals surface area contributed by atoms with E-state index in [4.69, 9.17) is 10.8 Å². The van der Waals surface area contributed by atoms with Crippen LogP contribution in [0.15, 0.2) is 25.2 Å². The Kier molecular flexibility index (Phi) is 12.9. The number of H-pyrrole nitrogens is 1. The zero-order valence-electron chi connectivity index (χ0n) is 22.9. The van der Waals surface area contributed by atoms with E-state index < -0.39 is 54.5 Å². The maximum atomic E-state index is 13.6. The van der Waals surface area contributed by atoms with Crippen molar-refractivity contribution in [3.05, 3.63) is 30.9 Å². The maximum Gasteiger partial charge on any atom is 0.405 e. The molecule has 0 unspecified atom stereocenters. The third-order valence-corrected chi connectivity index (χ3v) is 7.41. The van der Waals surface area contributed by atoms with E-state index in [0.29, 0.717) is 24.5 Å². The van der Waals surface area contributed by atoms with Crippen LogP contribution in [0, 0.1) is 17.8 Å². The summed E-state index contributed by atoms with van der Waals surface area (Å²) in [6.07, 6.45) is 8.36. The van der Waals surface area contributed by atoms with Crippen molar-refractivity contribution in [3.63, 3.8) is 0 Å². The van der Waals surface area contributed by atoms with Gasteiger partial charge in [-0.2, -0.15) is 0 Å². The molecule has 1 aromatic rings. The number of nitrogens with one attached hydrogen (secondary N) is 4. The van der Waals surface area contributed by atoms with Crippen LogP contribution >= 0.6 is 0 Å². The number of hydrogen-bond donors (Lipinski definition) is 7. The molecule has 0 aromatic carbocycles. The van der Waals surface area contributed by atoms with Gasteiger partial charge in [0.15, 0.2) is 0 Å². The number of aromatic nitrogens is 2. The summed E-state index contributed by atoms with van der Waals surface area (Å²) in [5.74, 6) is -1.60. The molecule has 1 aliphatic rings. The molecule has 218 valence electrons. The lowest BCUT2D eigenvalue weighted by molar-refractivity contribution is -0.132. The molecule has 12 nitrogen and oxygen atoms in total. The van der Waals surface area contributed by atoms with Gasteiger partial charge in [0.1, 0.15) is 12.1 Å². The second-order valence-electron chi connectivity index (χ2n) is 10.8. The number of aliphatic hydroxyl groups is 1. The number of carbonyl (C=O) groups excluding carboxylic acids is 3. The van der Waals surface area contributed by atoms with E-state index in [2.05, 4.69) is 41.0 Å². The predicted octanol–water partition coefficient (Wildman–Crippen LogP) is 1.61. The minimum absolute atomic E-state index is 0.0292. The highest BCUT2D eigenvalue weighted by Gasteiger charge is 2.33. The number of hydrogen-bond acceptors (Lipinski definition) is 6. The van der Waals surface area contributed by atoms with E-state index in [-0.39, 0.29) is 18.3 Å². The number of imidazole rings is 1. The molecule has 39 heavy (non-hydrogen) atoms. The molecule has 0 radical (unpaired) electrons. The molecule has 0 saturated heterocycles. The van der Waals surface area contributed by atoms with Crippen molar-refractivity contribution in [3.8, 4) is 0 Å². The number of primary amides is 1. The van der Waals surface area contributed by atoms with Crippen molar-refractivity contribution in [2.45, 2.75) is 95.9 Å². The second kappa shape index (κ2) is 15.9. The molecule has 8 N–H and O–H groups in total. The number of amides is 4. The lowest BCUT2D eigenvalue weighted by Crippen LogP contribution is -2.57. The van der Waals surface area contributed by atoms with Crippen LogP contribution in [-0.4, -0.2) is 68.2 Å². The van der Waals surface area contributed by atoms with Gasteiger partial charge in [0, 0.05) is 18.3 Å². The molecular weight excluding hydrogens is 504 g/mol. The van der Waals surface area contributed by atoms with Crippen LogP contribution in [0.5, 0.6) is 0 Å². The first-order valence-corrected chi connectivity index (χ1v) is 13.7. The van der Waals surface area contributed by atoms with E-state index in [1.807, 2.05) is 11.4 Å². The van der Waals surface area contributed by atoms with Crippen molar-refractivity contribution >= 4 is 23.8 Å². The largest absolute Gasteiger partial charge is 0.465 e. The normalized spacial score (nSPS) is 17.8. The topological polar surface area (TPSA) is 200 Å². The van der Waals surface area contributed by atoms with Gasteiger partial charge in [0.2, 0.25) is 17.7 Å². The number of aliphatic hydroxyl groups excluding tert-OH is 1. The molecule has 1 heterocycles. The van der Waals surface area contributed by atoms with Crippen molar-refractivity contribution in [2.24, 2.45) is 23.5 Å². The van der Waals surface area contributed by atoms with Gasteiger partial charge < -0.3 is 36.9 Å². The van der Waals surface area contributed by atoms with Crippen LogP contribution in [0.4, 0.5) is 4.79 Å². The highest BCUT2D eigenvalue weighted by atomic mass is 16.4. The first kappa shape index (κ1) is 31.8. The number of carbonyl (C=O) groups is 4. The van der Waals surface area contributed by atoms with Crippen LogP contribution in [0.2, 0.25) is 0 Å². The number of nitrogens with two attached hydrogens (primary N) is 1. The molecule has 5 atom stereocenters. The van der Waals surface area contributed by atoms with Gasteiger partial charge in [-0.1, -0.05) is 52.0 Å². The van der Waals surface area contributed by atoms with Crippen molar-refractivity contribution in [1.82, 2.24) is 25.9 Å². The van der Waals surface area contributed by atoms with E-state index >= 15 is 0 Å². The van der Waals surface area contributed by atoms with Gasteiger partial charge in [-0.05, 0) is 30.6 Å². The van der Waals surface area contributed by atoms with Gasteiger partial charge in [0.05, 0.1) is 24.9 Å². The average Bonchev–Trinajstić information content (AvgIpc) is 3.39. The smallest absolute Gasteiger partial charge is 0.405 e. The Balaban J connectivity index is 2.25. The fraction of sp³-hybridized carbons (Fsp3) is 0.667. The molecule has 1 fully saturated rings. The van der Waals surface area contributed by atoms with Gasteiger partial charge in [-0.25, -0.2) is 9.78 Å². The molecule has 0 bridgehead atoms. The summed E-state index contributed by atoms with van der Waals surface area (Å²) in [4.78, 5) is 56.0. The lowest BCUT2D eigenvalue weighted by Gasteiger charge is -2.33. The molecule has 0 spiro atoms. The Labute approximate surface area is 229 Å². The summed E-state index contributed by atoms with van der Waals surface area (Å²) in [5, 5.41) is 27.8. The molecule has 2 rings (SSSR count). The van der Waals surface area contributed by atoms with E-state index in [9.17, 15) is 24.3 Å². The summed E-state index contributed by atoms with van der Waals surface area (Å²) < 4.78 is 0. The first-order valence-electron chi connectivity index (χ1n) is 13.7. The first-order chi connectivity index (χ1) is 18.5. The Bertz CT molecular complexity index is 931. The average molecular weight is 549 g/mol. The van der Waals surface area contributed by atoms with Crippen molar-refractivity contribution < 1.29 is 29.4 Å². The summed E-state index contributed by atoms with van der Waals surface area (Å²) in [7, 11) is 0. The second-order valence-corrected chi connectivity index (χ2v) is 10.8. The monoisotopic (exact) mass is 548 g/mol. The fourth-order valence-electron chi connectivity index (χ4n) is 5.12. The van der Waals surface area contributed by atoms with Gasteiger partial charge in [0.25, 0.3) is 0 Å². The van der Waals surface area contributed by atoms with Gasteiger partial charge in [-0.3, -0.25) is 14.4 Å². The SMILES string of the molecule is C=C[C@@H](C[C@H](O)[C@H](CC1CCCCC1)NC(=O)[C@H](Cc1cnc[nH]1)NC(=O)[C@H](CC(N)=O)NC(=O)O)C(C)C. The predicted molar refractivity (Wildman–Crippen MR) is 145 cm³/mol. The molecule has 1 aromatic heterocycles. The van der Waals surface area contributed by atoms with Gasteiger partial charge >= 0.3 is 6.09 Å². The summed E-state index contributed by atoms with van der Waals surface area (Å²) in [6, 6.07) is -3.16. The molecule has 12 heteroatoms. The van der Waals surface area contributed by atoms with E-state index in [1.165, 1.54) is 18.9 Å². The standard InChI is InChI=1S/C27H44N6O6/c1-4-18(16(2)3)11-23(34)20(10-17-8-6-5-7-9-17)31-25(36)21(12-19-14-29-15-30-19)32-26(37)22(13-24(28)35)33-27(38)39/h4,14-18,20-23,33-34H,1,5-13H2,2-3H3,(H2,28,35)(H,29,30)(H,31,36)(H,32,37)(H,38,39)/t18-,20-,21-,22-,23-/m0/s1. The highest BCUT2D eigenvalue weighted by molar-refractivity contribution is 5.93. The highest BCUT2D eigenvalue weighted by Crippen LogP contribution is 2.29. The summed E-state index contributed by atoms with van der Waals surface area (Å²) in [6.45, 7) is 8.00. The number of nitrogens with zero attached hydrogens (tertiary/aromatic N) is 1. The Morgan fingerprint density at radius 1 is 1.13 bits per heavy atom.